The molecule has 2 aromatic carbocycles. The van der Waals surface area contributed by atoms with E-state index in [1.165, 1.54) is 5.56 Å². The SMILES string of the molecule is Cc1ccc(N(C)CCC(=O)c2ccc(Cl)cc2)cc1. The Balaban J connectivity index is 1.92. The minimum absolute atomic E-state index is 0.139. The van der Waals surface area contributed by atoms with Crippen molar-refractivity contribution in [2.24, 2.45) is 0 Å². The molecule has 0 N–H and O–H groups in total. The van der Waals surface area contributed by atoms with Crippen LogP contribution in [0, 0.1) is 6.92 Å². The van der Waals surface area contributed by atoms with E-state index >= 15 is 0 Å². The number of carbonyl (C=O) groups is 1. The van der Waals surface area contributed by atoms with Gasteiger partial charge in [0, 0.05) is 36.3 Å². The van der Waals surface area contributed by atoms with Crippen molar-refractivity contribution in [1.29, 1.82) is 0 Å². The van der Waals surface area contributed by atoms with Gasteiger partial charge in [0.25, 0.3) is 0 Å². The lowest BCUT2D eigenvalue weighted by atomic mass is 10.1. The second-order valence-electron chi connectivity index (χ2n) is 4.94. The maximum absolute atomic E-state index is 12.1. The van der Waals surface area contributed by atoms with Gasteiger partial charge in [0.15, 0.2) is 5.78 Å². The fraction of sp³-hybridized carbons (Fsp3) is 0.235. The minimum Gasteiger partial charge on any atom is -0.374 e. The quantitative estimate of drug-likeness (QED) is 0.762. The van der Waals surface area contributed by atoms with Crippen molar-refractivity contribution in [2.45, 2.75) is 13.3 Å². The summed E-state index contributed by atoms with van der Waals surface area (Å²) < 4.78 is 0. The van der Waals surface area contributed by atoms with E-state index in [1.54, 1.807) is 24.3 Å². The molecule has 0 amide bonds. The first-order chi connectivity index (χ1) is 9.56. The van der Waals surface area contributed by atoms with Crippen molar-refractivity contribution < 1.29 is 4.79 Å². The molecule has 3 heteroatoms. The first kappa shape index (κ1) is 14.6. The van der Waals surface area contributed by atoms with E-state index in [0.717, 1.165) is 5.69 Å². The lowest BCUT2D eigenvalue weighted by Crippen LogP contribution is -2.21. The Labute approximate surface area is 125 Å². The fourth-order valence-corrected chi connectivity index (χ4v) is 2.10. The van der Waals surface area contributed by atoms with Crippen LogP contribution >= 0.6 is 11.6 Å². The highest BCUT2D eigenvalue weighted by molar-refractivity contribution is 6.30. The van der Waals surface area contributed by atoms with Crippen LogP contribution in [-0.2, 0) is 0 Å². The average Bonchev–Trinajstić information content (AvgIpc) is 2.46. The van der Waals surface area contributed by atoms with Crippen LogP contribution in [0.15, 0.2) is 48.5 Å². The van der Waals surface area contributed by atoms with Gasteiger partial charge in [-0.1, -0.05) is 29.3 Å². The van der Waals surface area contributed by atoms with Crippen LogP contribution < -0.4 is 4.90 Å². The third-order valence-electron chi connectivity index (χ3n) is 3.32. The number of nitrogens with zero attached hydrogens (tertiary/aromatic N) is 1. The second-order valence-corrected chi connectivity index (χ2v) is 5.37. The molecule has 104 valence electrons. The lowest BCUT2D eigenvalue weighted by Gasteiger charge is -2.19. The molecular weight excluding hydrogens is 270 g/mol. The van der Waals surface area contributed by atoms with Gasteiger partial charge in [0.1, 0.15) is 0 Å². The van der Waals surface area contributed by atoms with Crippen molar-refractivity contribution in [1.82, 2.24) is 0 Å². The van der Waals surface area contributed by atoms with Gasteiger partial charge >= 0.3 is 0 Å². The number of Topliss-reactive ketones (excluding diaryl/α,β-unsaturated/α-hetero) is 1. The topological polar surface area (TPSA) is 20.3 Å². The molecule has 0 aliphatic carbocycles. The lowest BCUT2D eigenvalue weighted by molar-refractivity contribution is 0.0985. The van der Waals surface area contributed by atoms with Crippen molar-refractivity contribution >= 4 is 23.1 Å². The van der Waals surface area contributed by atoms with E-state index in [-0.39, 0.29) is 5.78 Å². The van der Waals surface area contributed by atoms with Crippen molar-refractivity contribution in [3.8, 4) is 0 Å². The molecule has 0 bridgehead atoms. The van der Waals surface area contributed by atoms with Crippen LogP contribution in [0.3, 0.4) is 0 Å². The molecule has 0 spiro atoms. The van der Waals surface area contributed by atoms with E-state index in [2.05, 4.69) is 36.1 Å². The van der Waals surface area contributed by atoms with Crippen LogP contribution in [0.25, 0.3) is 0 Å². The molecular formula is C17H18ClNO. The standard InChI is InChI=1S/C17H18ClNO/c1-13-3-9-16(10-4-13)19(2)12-11-17(20)14-5-7-15(18)8-6-14/h3-10H,11-12H2,1-2H3. The monoisotopic (exact) mass is 287 g/mol. The zero-order chi connectivity index (χ0) is 14.5. The summed E-state index contributed by atoms with van der Waals surface area (Å²) >= 11 is 5.82. The van der Waals surface area contributed by atoms with E-state index in [0.29, 0.717) is 23.6 Å². The third kappa shape index (κ3) is 3.84. The van der Waals surface area contributed by atoms with Gasteiger partial charge in [-0.2, -0.15) is 0 Å². The van der Waals surface area contributed by atoms with Crippen molar-refractivity contribution in [2.75, 3.05) is 18.5 Å². The Kier molecular flexibility index (Phi) is 4.80. The first-order valence-electron chi connectivity index (χ1n) is 6.63. The van der Waals surface area contributed by atoms with Gasteiger partial charge in [0.2, 0.25) is 0 Å². The van der Waals surface area contributed by atoms with Gasteiger partial charge < -0.3 is 4.90 Å². The molecule has 0 heterocycles. The molecule has 2 rings (SSSR count). The zero-order valence-corrected chi connectivity index (χ0v) is 12.5. The molecule has 2 aromatic rings. The fourth-order valence-electron chi connectivity index (χ4n) is 1.98. The predicted octanol–water partition coefficient (Wildman–Crippen LogP) is 4.36. The van der Waals surface area contributed by atoms with Crippen molar-refractivity contribution in [3.05, 3.63) is 64.7 Å². The number of hydrogen-bond acceptors (Lipinski definition) is 2. The van der Waals surface area contributed by atoms with E-state index < -0.39 is 0 Å². The van der Waals surface area contributed by atoms with Gasteiger partial charge in [-0.3, -0.25) is 4.79 Å². The van der Waals surface area contributed by atoms with Crippen LogP contribution in [-0.4, -0.2) is 19.4 Å². The van der Waals surface area contributed by atoms with E-state index in [9.17, 15) is 4.79 Å². The largest absolute Gasteiger partial charge is 0.374 e. The van der Waals surface area contributed by atoms with Crippen LogP contribution in [0.4, 0.5) is 5.69 Å². The summed E-state index contributed by atoms with van der Waals surface area (Å²) in [6, 6.07) is 15.3. The molecule has 0 atom stereocenters. The number of benzene rings is 2. The summed E-state index contributed by atoms with van der Waals surface area (Å²) in [5, 5.41) is 0.651. The maximum atomic E-state index is 12.1. The molecule has 0 saturated heterocycles. The van der Waals surface area contributed by atoms with Gasteiger partial charge in [-0.15, -0.1) is 0 Å². The predicted molar refractivity (Wildman–Crippen MR) is 84.8 cm³/mol. The van der Waals surface area contributed by atoms with Crippen LogP contribution in [0.1, 0.15) is 22.3 Å². The van der Waals surface area contributed by atoms with Gasteiger partial charge in [0.05, 0.1) is 0 Å². The molecule has 0 radical (unpaired) electrons. The number of hydrogen-bond donors (Lipinski definition) is 0. The molecule has 2 nitrogen and oxygen atoms in total. The summed E-state index contributed by atoms with van der Waals surface area (Å²) in [7, 11) is 2.00. The van der Waals surface area contributed by atoms with Gasteiger partial charge in [-0.05, 0) is 43.3 Å². The maximum Gasteiger partial charge on any atom is 0.164 e. The number of aryl methyl sites for hydroxylation is 1. The Bertz CT molecular complexity index is 575. The summed E-state index contributed by atoms with van der Waals surface area (Å²) in [6.07, 6.45) is 0.492. The third-order valence-corrected chi connectivity index (χ3v) is 3.57. The number of rotatable bonds is 5. The highest BCUT2D eigenvalue weighted by Crippen LogP contribution is 2.15. The Morgan fingerprint density at radius 2 is 1.65 bits per heavy atom. The minimum atomic E-state index is 0.139. The van der Waals surface area contributed by atoms with Crippen molar-refractivity contribution in [3.63, 3.8) is 0 Å². The summed E-state index contributed by atoms with van der Waals surface area (Å²) in [5.41, 5.74) is 3.07. The highest BCUT2D eigenvalue weighted by Gasteiger charge is 2.08. The summed E-state index contributed by atoms with van der Waals surface area (Å²) in [5.74, 6) is 0.139. The molecule has 20 heavy (non-hydrogen) atoms. The molecule has 0 aliphatic rings. The van der Waals surface area contributed by atoms with Gasteiger partial charge in [-0.25, -0.2) is 0 Å². The molecule has 0 unspecified atom stereocenters. The summed E-state index contributed by atoms with van der Waals surface area (Å²) in [4.78, 5) is 14.2. The summed E-state index contributed by atoms with van der Waals surface area (Å²) in [6.45, 7) is 2.76. The number of ketones is 1. The average molecular weight is 288 g/mol. The molecule has 0 saturated carbocycles. The van der Waals surface area contributed by atoms with E-state index in [1.807, 2.05) is 7.05 Å². The zero-order valence-electron chi connectivity index (χ0n) is 11.8. The number of carbonyl (C=O) groups excluding carboxylic acids is 1. The Hall–Kier alpha value is -1.80. The second kappa shape index (κ2) is 6.58. The van der Waals surface area contributed by atoms with Crippen LogP contribution in [0.2, 0.25) is 5.02 Å². The molecule has 0 fully saturated rings. The van der Waals surface area contributed by atoms with Crippen LogP contribution in [0.5, 0.6) is 0 Å². The number of anilines is 1. The number of halogens is 1. The normalized spacial score (nSPS) is 10.3. The molecule has 0 aliphatic heterocycles. The Morgan fingerprint density at radius 3 is 2.25 bits per heavy atom. The first-order valence-corrected chi connectivity index (χ1v) is 7.00. The van der Waals surface area contributed by atoms with E-state index in [4.69, 9.17) is 11.6 Å². The highest BCUT2D eigenvalue weighted by atomic mass is 35.5. The smallest absolute Gasteiger partial charge is 0.164 e. The Morgan fingerprint density at radius 1 is 1.05 bits per heavy atom. The molecule has 0 aromatic heterocycles.